The lowest BCUT2D eigenvalue weighted by Crippen LogP contribution is -2.39. The molecule has 23 heavy (non-hydrogen) atoms. The standard InChI is InChI=1S/C18H23N3O2/c1-13-16(14(2)23-20-13)12-19-17(15-8-4-3-5-9-15)18(22)21-10-6-7-11-21/h3-5,8-9,17,19H,6-7,10-12H2,1-2H3. The molecule has 1 unspecified atom stereocenters. The molecule has 1 aromatic heterocycles. The molecule has 1 atom stereocenters. The highest BCUT2D eigenvalue weighted by Gasteiger charge is 2.27. The minimum atomic E-state index is -0.331. The highest BCUT2D eigenvalue weighted by atomic mass is 16.5. The third-order valence-corrected chi connectivity index (χ3v) is 4.46. The van der Waals surface area contributed by atoms with Crippen molar-refractivity contribution in [1.82, 2.24) is 15.4 Å². The van der Waals surface area contributed by atoms with Gasteiger partial charge >= 0.3 is 0 Å². The molecule has 0 aliphatic carbocycles. The summed E-state index contributed by atoms with van der Waals surface area (Å²) in [6.45, 7) is 6.11. The van der Waals surface area contributed by atoms with Crippen LogP contribution in [0.3, 0.4) is 0 Å². The maximum atomic E-state index is 12.9. The number of likely N-dealkylation sites (tertiary alicyclic amines) is 1. The van der Waals surface area contributed by atoms with Gasteiger partial charge in [-0.15, -0.1) is 0 Å². The second-order valence-corrected chi connectivity index (χ2v) is 6.06. The first-order valence-electron chi connectivity index (χ1n) is 8.15. The van der Waals surface area contributed by atoms with Crippen LogP contribution in [0.4, 0.5) is 0 Å². The van der Waals surface area contributed by atoms with Crippen molar-refractivity contribution < 1.29 is 9.32 Å². The fraction of sp³-hybridized carbons (Fsp3) is 0.444. The Morgan fingerprint density at radius 3 is 2.57 bits per heavy atom. The average molecular weight is 313 g/mol. The monoisotopic (exact) mass is 313 g/mol. The van der Waals surface area contributed by atoms with Gasteiger partial charge in [0.1, 0.15) is 11.8 Å². The van der Waals surface area contributed by atoms with Crippen molar-refractivity contribution in [2.24, 2.45) is 0 Å². The summed E-state index contributed by atoms with van der Waals surface area (Å²) >= 11 is 0. The number of rotatable bonds is 5. The summed E-state index contributed by atoms with van der Waals surface area (Å²) in [5.41, 5.74) is 2.90. The Balaban J connectivity index is 1.79. The van der Waals surface area contributed by atoms with E-state index in [1.54, 1.807) is 0 Å². The van der Waals surface area contributed by atoms with E-state index >= 15 is 0 Å². The topological polar surface area (TPSA) is 58.4 Å². The number of hydrogen-bond acceptors (Lipinski definition) is 4. The van der Waals surface area contributed by atoms with E-state index in [-0.39, 0.29) is 11.9 Å². The lowest BCUT2D eigenvalue weighted by molar-refractivity contribution is -0.132. The smallest absolute Gasteiger partial charge is 0.244 e. The summed E-state index contributed by atoms with van der Waals surface area (Å²) in [7, 11) is 0. The summed E-state index contributed by atoms with van der Waals surface area (Å²) in [5.74, 6) is 0.955. The Labute approximate surface area is 136 Å². The van der Waals surface area contributed by atoms with Crippen LogP contribution in [0, 0.1) is 13.8 Å². The maximum Gasteiger partial charge on any atom is 0.244 e. The molecule has 1 fully saturated rings. The number of aryl methyl sites for hydroxylation is 2. The summed E-state index contributed by atoms with van der Waals surface area (Å²) in [6.07, 6.45) is 2.19. The van der Waals surface area contributed by atoms with Crippen molar-refractivity contribution >= 4 is 5.91 Å². The van der Waals surface area contributed by atoms with Crippen LogP contribution in [0.1, 0.15) is 41.5 Å². The van der Waals surface area contributed by atoms with E-state index in [0.717, 1.165) is 48.5 Å². The maximum absolute atomic E-state index is 12.9. The summed E-state index contributed by atoms with van der Waals surface area (Å²) in [5, 5.41) is 7.38. The van der Waals surface area contributed by atoms with E-state index in [1.807, 2.05) is 49.1 Å². The molecular formula is C18H23N3O2. The van der Waals surface area contributed by atoms with Gasteiger partial charge in [0.25, 0.3) is 0 Å². The van der Waals surface area contributed by atoms with E-state index in [9.17, 15) is 4.79 Å². The first-order valence-corrected chi connectivity index (χ1v) is 8.15. The zero-order valence-corrected chi connectivity index (χ0v) is 13.7. The Morgan fingerprint density at radius 2 is 1.96 bits per heavy atom. The highest BCUT2D eigenvalue weighted by Crippen LogP contribution is 2.21. The van der Waals surface area contributed by atoms with Crippen LogP contribution in [0.5, 0.6) is 0 Å². The second kappa shape index (κ2) is 6.96. The van der Waals surface area contributed by atoms with E-state index < -0.39 is 0 Å². The Kier molecular flexibility index (Phi) is 4.76. The van der Waals surface area contributed by atoms with Crippen molar-refractivity contribution in [3.05, 3.63) is 52.9 Å². The predicted octanol–water partition coefficient (Wildman–Crippen LogP) is 2.74. The molecule has 0 radical (unpaired) electrons. The third-order valence-electron chi connectivity index (χ3n) is 4.46. The average Bonchev–Trinajstić information content (AvgIpc) is 3.20. The fourth-order valence-corrected chi connectivity index (χ4v) is 3.07. The number of benzene rings is 1. The molecule has 1 aliphatic heterocycles. The lowest BCUT2D eigenvalue weighted by atomic mass is 10.0. The molecular weight excluding hydrogens is 290 g/mol. The van der Waals surface area contributed by atoms with Gasteiger partial charge in [-0.1, -0.05) is 35.5 Å². The molecule has 122 valence electrons. The van der Waals surface area contributed by atoms with Gasteiger partial charge in [0, 0.05) is 25.2 Å². The molecule has 1 aliphatic rings. The minimum absolute atomic E-state index is 0.153. The van der Waals surface area contributed by atoms with Gasteiger partial charge in [0.15, 0.2) is 0 Å². The van der Waals surface area contributed by atoms with Crippen molar-refractivity contribution in [3.63, 3.8) is 0 Å². The molecule has 5 nitrogen and oxygen atoms in total. The van der Waals surface area contributed by atoms with E-state index in [2.05, 4.69) is 10.5 Å². The van der Waals surface area contributed by atoms with Crippen LogP contribution in [-0.4, -0.2) is 29.1 Å². The first kappa shape index (κ1) is 15.7. The largest absolute Gasteiger partial charge is 0.361 e. The number of hydrogen-bond donors (Lipinski definition) is 1. The van der Waals surface area contributed by atoms with Gasteiger partial charge in [0.05, 0.1) is 5.69 Å². The van der Waals surface area contributed by atoms with Gasteiger partial charge in [-0.3, -0.25) is 10.1 Å². The van der Waals surface area contributed by atoms with E-state index in [0.29, 0.717) is 6.54 Å². The van der Waals surface area contributed by atoms with Gasteiger partial charge in [-0.2, -0.15) is 0 Å². The lowest BCUT2D eigenvalue weighted by Gasteiger charge is -2.24. The van der Waals surface area contributed by atoms with Gasteiger partial charge < -0.3 is 9.42 Å². The van der Waals surface area contributed by atoms with Gasteiger partial charge in [-0.05, 0) is 32.3 Å². The number of nitrogens with one attached hydrogen (secondary N) is 1. The molecule has 2 heterocycles. The zero-order chi connectivity index (χ0) is 16.2. The normalized spacial score (nSPS) is 15.8. The van der Waals surface area contributed by atoms with Crippen molar-refractivity contribution in [3.8, 4) is 0 Å². The number of aromatic nitrogens is 1. The number of carbonyl (C=O) groups excluding carboxylic acids is 1. The number of amides is 1. The number of carbonyl (C=O) groups is 1. The quantitative estimate of drug-likeness (QED) is 0.922. The molecule has 1 amide bonds. The van der Waals surface area contributed by atoms with Crippen molar-refractivity contribution in [2.75, 3.05) is 13.1 Å². The summed E-state index contributed by atoms with van der Waals surface area (Å²) < 4.78 is 5.21. The molecule has 0 spiro atoms. The summed E-state index contributed by atoms with van der Waals surface area (Å²) in [6, 6.07) is 9.57. The molecule has 0 saturated carbocycles. The molecule has 1 aromatic carbocycles. The molecule has 2 aromatic rings. The van der Waals surface area contributed by atoms with Crippen LogP contribution >= 0.6 is 0 Å². The SMILES string of the molecule is Cc1noc(C)c1CNC(C(=O)N1CCCC1)c1ccccc1. The Morgan fingerprint density at radius 1 is 1.26 bits per heavy atom. The van der Waals surface area contributed by atoms with Crippen LogP contribution in [0.2, 0.25) is 0 Å². The van der Waals surface area contributed by atoms with Crippen LogP contribution in [0.25, 0.3) is 0 Å². The Hall–Kier alpha value is -2.14. The van der Waals surface area contributed by atoms with Crippen molar-refractivity contribution in [2.45, 2.75) is 39.3 Å². The second-order valence-electron chi connectivity index (χ2n) is 6.06. The predicted molar refractivity (Wildman–Crippen MR) is 87.8 cm³/mol. The van der Waals surface area contributed by atoms with E-state index in [4.69, 9.17) is 4.52 Å². The first-order chi connectivity index (χ1) is 11.2. The van der Waals surface area contributed by atoms with Crippen LogP contribution < -0.4 is 5.32 Å². The van der Waals surface area contributed by atoms with E-state index in [1.165, 1.54) is 0 Å². The summed E-state index contributed by atoms with van der Waals surface area (Å²) in [4.78, 5) is 14.9. The molecule has 1 saturated heterocycles. The molecule has 5 heteroatoms. The third kappa shape index (κ3) is 3.45. The highest BCUT2D eigenvalue weighted by molar-refractivity contribution is 5.83. The van der Waals surface area contributed by atoms with Crippen molar-refractivity contribution in [1.29, 1.82) is 0 Å². The van der Waals surface area contributed by atoms with Crippen LogP contribution in [0.15, 0.2) is 34.9 Å². The molecule has 1 N–H and O–H groups in total. The number of nitrogens with zero attached hydrogens (tertiary/aromatic N) is 2. The van der Waals surface area contributed by atoms with Gasteiger partial charge in [-0.25, -0.2) is 0 Å². The molecule has 3 rings (SSSR count). The van der Waals surface area contributed by atoms with Crippen LogP contribution in [-0.2, 0) is 11.3 Å². The minimum Gasteiger partial charge on any atom is -0.361 e. The zero-order valence-electron chi connectivity index (χ0n) is 13.7. The Bertz CT molecular complexity index is 641. The van der Waals surface area contributed by atoms with Gasteiger partial charge in [0.2, 0.25) is 5.91 Å². The molecule has 0 bridgehead atoms. The fourth-order valence-electron chi connectivity index (χ4n) is 3.07.